The summed E-state index contributed by atoms with van der Waals surface area (Å²) in [5.74, 6) is 0. The van der Waals surface area contributed by atoms with Crippen LogP contribution in [0.15, 0.2) is 48.5 Å². The summed E-state index contributed by atoms with van der Waals surface area (Å²) in [6.45, 7) is 4.63. The average Bonchev–Trinajstić information content (AvgIpc) is 2.55. The fourth-order valence-electron chi connectivity index (χ4n) is 1.83. The lowest BCUT2D eigenvalue weighted by molar-refractivity contribution is -0.384. The van der Waals surface area contributed by atoms with E-state index in [0.29, 0.717) is 12.2 Å². The number of hydrogen-bond donors (Lipinski definition) is 2. The molecule has 3 N–H and O–H groups in total. The third kappa shape index (κ3) is 5.06. The van der Waals surface area contributed by atoms with Crippen LogP contribution in [0.4, 0.5) is 17.1 Å². The van der Waals surface area contributed by atoms with Gasteiger partial charge in [0, 0.05) is 24.4 Å². The van der Waals surface area contributed by atoms with Gasteiger partial charge in [0.1, 0.15) is 0 Å². The lowest BCUT2D eigenvalue weighted by Gasteiger charge is -2.17. The monoisotopic (exact) mass is 303 g/mol. The van der Waals surface area contributed by atoms with Crippen molar-refractivity contribution in [1.82, 2.24) is 0 Å². The zero-order valence-corrected chi connectivity index (χ0v) is 12.8. The van der Waals surface area contributed by atoms with Crippen molar-refractivity contribution in [3.8, 4) is 0 Å². The maximum absolute atomic E-state index is 10.1. The second-order valence-electron chi connectivity index (χ2n) is 4.55. The zero-order valence-electron chi connectivity index (χ0n) is 12.8. The summed E-state index contributed by atoms with van der Waals surface area (Å²) < 4.78 is 0. The van der Waals surface area contributed by atoms with Gasteiger partial charge in [-0.3, -0.25) is 20.4 Å². The molecule has 6 nitrogen and oxygen atoms in total. The molecular weight excluding hydrogens is 282 g/mol. The third-order valence-electron chi connectivity index (χ3n) is 3.05. The molecule has 0 bridgehead atoms. The van der Waals surface area contributed by atoms with Crippen molar-refractivity contribution in [1.29, 1.82) is 0 Å². The number of hydroxylamine groups is 1. The van der Waals surface area contributed by atoms with Crippen molar-refractivity contribution >= 4 is 17.1 Å². The van der Waals surface area contributed by atoms with Gasteiger partial charge in [-0.1, -0.05) is 25.1 Å². The fourth-order valence-corrected chi connectivity index (χ4v) is 1.83. The molecular formula is C16H21N3O3. The normalized spacial score (nSPS) is 9.59. The first-order valence-electron chi connectivity index (χ1n) is 7.03. The zero-order chi connectivity index (χ0) is 16.5. The molecule has 118 valence electrons. The molecule has 0 unspecified atom stereocenters. The predicted molar refractivity (Wildman–Crippen MR) is 88.1 cm³/mol. The Bertz CT molecular complexity index is 600. The molecule has 22 heavy (non-hydrogen) atoms. The van der Waals surface area contributed by atoms with Crippen molar-refractivity contribution in [2.75, 3.05) is 17.3 Å². The van der Waals surface area contributed by atoms with E-state index in [2.05, 4.69) is 6.92 Å². The summed E-state index contributed by atoms with van der Waals surface area (Å²) in [6.07, 6.45) is 0.952. The number of para-hydroxylation sites is 1. The average molecular weight is 303 g/mol. The van der Waals surface area contributed by atoms with Crippen molar-refractivity contribution in [2.45, 2.75) is 20.3 Å². The standard InChI is InChI=1S/C10H15NO.C6H6N2O2/c1-3-9-7-5-6-8-10(9)11(12)4-2;7-5-1-3-6(4-2-5)8(9)10/h5-8,12H,3-4H2,1-2H3;1-4H,7H2. The molecule has 0 saturated carbocycles. The minimum Gasteiger partial charge on any atom is -0.399 e. The molecule has 0 aromatic heterocycles. The Balaban J connectivity index is 0.000000224. The molecule has 0 fully saturated rings. The Morgan fingerprint density at radius 3 is 2.23 bits per heavy atom. The largest absolute Gasteiger partial charge is 0.399 e. The molecule has 0 aliphatic carbocycles. The number of nitro benzene ring substituents is 1. The maximum atomic E-state index is 10.1. The van der Waals surface area contributed by atoms with Crippen LogP contribution < -0.4 is 10.8 Å². The van der Waals surface area contributed by atoms with E-state index in [0.717, 1.165) is 12.1 Å². The van der Waals surface area contributed by atoms with Gasteiger partial charge in [0.25, 0.3) is 5.69 Å². The van der Waals surface area contributed by atoms with Crippen LogP contribution in [0.3, 0.4) is 0 Å². The van der Waals surface area contributed by atoms with Gasteiger partial charge in [0.15, 0.2) is 0 Å². The minimum absolute atomic E-state index is 0.0641. The third-order valence-corrected chi connectivity index (χ3v) is 3.05. The Morgan fingerprint density at radius 1 is 1.14 bits per heavy atom. The van der Waals surface area contributed by atoms with Crippen LogP contribution in [-0.2, 0) is 6.42 Å². The van der Waals surface area contributed by atoms with Crippen LogP contribution in [-0.4, -0.2) is 16.7 Å². The molecule has 2 aromatic carbocycles. The number of nitrogen functional groups attached to an aromatic ring is 1. The number of aryl methyl sites for hydroxylation is 1. The molecule has 0 aliphatic heterocycles. The molecule has 0 saturated heterocycles. The van der Waals surface area contributed by atoms with Crippen molar-refractivity contribution in [3.05, 3.63) is 64.2 Å². The lowest BCUT2D eigenvalue weighted by atomic mass is 10.1. The van der Waals surface area contributed by atoms with Crippen LogP contribution in [0.2, 0.25) is 0 Å². The molecule has 0 spiro atoms. The second-order valence-corrected chi connectivity index (χ2v) is 4.55. The molecule has 6 heteroatoms. The van der Waals surface area contributed by atoms with E-state index in [1.165, 1.54) is 34.9 Å². The summed E-state index contributed by atoms with van der Waals surface area (Å²) in [7, 11) is 0. The summed E-state index contributed by atoms with van der Waals surface area (Å²) in [5.41, 5.74) is 8.00. The van der Waals surface area contributed by atoms with Gasteiger partial charge >= 0.3 is 0 Å². The van der Waals surface area contributed by atoms with Crippen LogP contribution in [0.25, 0.3) is 0 Å². The lowest BCUT2D eigenvalue weighted by Crippen LogP contribution is -2.18. The van der Waals surface area contributed by atoms with Crippen molar-refractivity contribution in [2.24, 2.45) is 0 Å². The van der Waals surface area contributed by atoms with Gasteiger partial charge in [-0.2, -0.15) is 0 Å². The highest BCUT2D eigenvalue weighted by Crippen LogP contribution is 2.18. The summed E-state index contributed by atoms with van der Waals surface area (Å²) in [6, 6.07) is 13.6. The van der Waals surface area contributed by atoms with Gasteiger partial charge in [0.2, 0.25) is 0 Å². The van der Waals surface area contributed by atoms with E-state index in [4.69, 9.17) is 5.73 Å². The number of nitrogens with zero attached hydrogens (tertiary/aromatic N) is 2. The molecule has 2 aromatic rings. The molecule has 0 amide bonds. The predicted octanol–water partition coefficient (Wildman–Crippen LogP) is 3.64. The highest BCUT2D eigenvalue weighted by atomic mass is 16.6. The molecule has 2 rings (SSSR count). The number of rotatable bonds is 4. The maximum Gasteiger partial charge on any atom is 0.269 e. The first-order chi connectivity index (χ1) is 10.5. The number of hydrogen-bond acceptors (Lipinski definition) is 5. The molecule has 0 radical (unpaired) electrons. The quantitative estimate of drug-likeness (QED) is 0.511. The second kappa shape index (κ2) is 8.63. The van der Waals surface area contributed by atoms with Crippen LogP contribution >= 0.6 is 0 Å². The Hall–Kier alpha value is -2.60. The van der Waals surface area contributed by atoms with Gasteiger partial charge < -0.3 is 5.73 Å². The fraction of sp³-hybridized carbons (Fsp3) is 0.250. The summed E-state index contributed by atoms with van der Waals surface area (Å²) >= 11 is 0. The van der Waals surface area contributed by atoms with Crippen molar-refractivity contribution < 1.29 is 10.1 Å². The summed E-state index contributed by atoms with van der Waals surface area (Å²) in [5, 5.41) is 20.8. The minimum atomic E-state index is -0.459. The van der Waals surface area contributed by atoms with E-state index < -0.39 is 4.92 Å². The number of anilines is 2. The molecule has 0 atom stereocenters. The van der Waals surface area contributed by atoms with E-state index in [9.17, 15) is 15.3 Å². The topological polar surface area (TPSA) is 92.6 Å². The number of benzene rings is 2. The van der Waals surface area contributed by atoms with E-state index in [1.807, 2.05) is 31.2 Å². The number of non-ortho nitro benzene ring substituents is 1. The smallest absolute Gasteiger partial charge is 0.269 e. The SMILES string of the molecule is CCc1ccccc1N(O)CC.Nc1ccc([N+](=O)[O-])cc1. The Kier molecular flexibility index (Phi) is 6.85. The Labute approximate surface area is 129 Å². The van der Waals surface area contributed by atoms with Gasteiger partial charge in [-0.25, -0.2) is 0 Å². The first kappa shape index (κ1) is 17.5. The highest BCUT2D eigenvalue weighted by molar-refractivity contribution is 5.51. The summed E-state index contributed by atoms with van der Waals surface area (Å²) in [4.78, 5) is 9.62. The Morgan fingerprint density at radius 2 is 1.73 bits per heavy atom. The van der Waals surface area contributed by atoms with Crippen molar-refractivity contribution in [3.63, 3.8) is 0 Å². The van der Waals surface area contributed by atoms with Gasteiger partial charge in [-0.05, 0) is 37.1 Å². The first-order valence-corrected chi connectivity index (χ1v) is 7.03. The van der Waals surface area contributed by atoms with Crippen LogP contribution in [0.5, 0.6) is 0 Å². The van der Waals surface area contributed by atoms with E-state index in [-0.39, 0.29) is 5.69 Å². The van der Waals surface area contributed by atoms with Gasteiger partial charge in [0.05, 0.1) is 10.6 Å². The van der Waals surface area contributed by atoms with Crippen LogP contribution in [0.1, 0.15) is 19.4 Å². The van der Waals surface area contributed by atoms with Gasteiger partial charge in [-0.15, -0.1) is 0 Å². The number of nitro groups is 1. The molecule has 0 aliphatic rings. The molecule has 0 heterocycles. The van der Waals surface area contributed by atoms with E-state index >= 15 is 0 Å². The highest BCUT2D eigenvalue weighted by Gasteiger charge is 2.03. The van der Waals surface area contributed by atoms with E-state index in [1.54, 1.807) is 0 Å². The van der Waals surface area contributed by atoms with Crippen LogP contribution in [0, 0.1) is 10.1 Å². The number of nitrogens with two attached hydrogens (primary N) is 1.